The van der Waals surface area contributed by atoms with Crippen LogP contribution in [-0.2, 0) is 11.3 Å². The third-order valence-electron chi connectivity index (χ3n) is 2.07. The van der Waals surface area contributed by atoms with E-state index in [1.165, 1.54) is 19.1 Å². The maximum atomic E-state index is 13.0. The molecule has 0 fully saturated rings. The number of nitriles is 1. The normalized spacial score (nSPS) is 11.8. The Hall–Kier alpha value is -1.93. The zero-order chi connectivity index (χ0) is 12.1. The molecule has 0 bridgehead atoms. The first kappa shape index (κ1) is 12.1. The van der Waals surface area contributed by atoms with E-state index in [1.54, 1.807) is 0 Å². The van der Waals surface area contributed by atoms with Gasteiger partial charge in [0.2, 0.25) is 0 Å². The minimum atomic E-state index is -0.975. The molecule has 1 atom stereocenters. The first-order chi connectivity index (χ1) is 7.52. The molecule has 4 nitrogen and oxygen atoms in total. The van der Waals surface area contributed by atoms with Gasteiger partial charge in [0, 0.05) is 6.54 Å². The summed E-state index contributed by atoms with van der Waals surface area (Å²) in [7, 11) is 0. The van der Waals surface area contributed by atoms with E-state index in [-0.39, 0.29) is 12.1 Å². The van der Waals surface area contributed by atoms with Crippen LogP contribution in [-0.4, -0.2) is 17.1 Å². The standard InChI is InChI=1S/C11H11FN2O2/c1-7(11(15)16)14-6-9-2-8(5-13)3-10(12)4-9/h2-4,7,14H,6H2,1H3,(H,15,16)/t7-/m1/s1. The van der Waals surface area contributed by atoms with Crippen molar-refractivity contribution in [2.75, 3.05) is 0 Å². The topological polar surface area (TPSA) is 73.1 Å². The number of aliphatic carboxylic acids is 1. The van der Waals surface area contributed by atoms with Crippen molar-refractivity contribution in [3.63, 3.8) is 0 Å². The van der Waals surface area contributed by atoms with Gasteiger partial charge in [0.15, 0.2) is 0 Å². The second-order valence-corrected chi connectivity index (χ2v) is 3.40. The highest BCUT2D eigenvalue weighted by atomic mass is 19.1. The Morgan fingerprint density at radius 3 is 2.88 bits per heavy atom. The Bertz CT molecular complexity index is 440. The van der Waals surface area contributed by atoms with Crippen LogP contribution >= 0.6 is 0 Å². The van der Waals surface area contributed by atoms with Gasteiger partial charge in [-0.1, -0.05) is 0 Å². The number of benzene rings is 1. The summed E-state index contributed by atoms with van der Waals surface area (Å²) in [4.78, 5) is 10.5. The first-order valence-electron chi connectivity index (χ1n) is 4.68. The molecule has 0 aromatic heterocycles. The average Bonchev–Trinajstić information content (AvgIpc) is 2.24. The smallest absolute Gasteiger partial charge is 0.320 e. The van der Waals surface area contributed by atoms with Crippen molar-refractivity contribution in [2.24, 2.45) is 0 Å². The van der Waals surface area contributed by atoms with Crippen molar-refractivity contribution >= 4 is 5.97 Å². The molecule has 0 amide bonds. The number of hydrogen-bond donors (Lipinski definition) is 2. The first-order valence-corrected chi connectivity index (χ1v) is 4.68. The molecule has 84 valence electrons. The zero-order valence-corrected chi connectivity index (χ0v) is 8.70. The molecule has 0 saturated heterocycles. The Morgan fingerprint density at radius 1 is 1.62 bits per heavy atom. The maximum Gasteiger partial charge on any atom is 0.320 e. The van der Waals surface area contributed by atoms with E-state index in [1.807, 2.05) is 6.07 Å². The highest BCUT2D eigenvalue weighted by Gasteiger charge is 2.09. The maximum absolute atomic E-state index is 13.0. The van der Waals surface area contributed by atoms with Gasteiger partial charge in [-0.15, -0.1) is 0 Å². The average molecular weight is 222 g/mol. The summed E-state index contributed by atoms with van der Waals surface area (Å²) in [5.74, 6) is -1.48. The fourth-order valence-corrected chi connectivity index (χ4v) is 1.18. The van der Waals surface area contributed by atoms with Gasteiger partial charge in [-0.05, 0) is 30.7 Å². The van der Waals surface area contributed by atoms with Gasteiger partial charge in [0.1, 0.15) is 11.9 Å². The zero-order valence-electron chi connectivity index (χ0n) is 8.70. The van der Waals surface area contributed by atoms with E-state index in [4.69, 9.17) is 10.4 Å². The Balaban J connectivity index is 2.71. The predicted octanol–water partition coefficient (Wildman–Crippen LogP) is 1.26. The van der Waals surface area contributed by atoms with Gasteiger partial charge in [-0.2, -0.15) is 5.26 Å². The summed E-state index contributed by atoms with van der Waals surface area (Å²) in [5, 5.41) is 19.9. The number of nitrogens with one attached hydrogen (secondary N) is 1. The largest absolute Gasteiger partial charge is 0.480 e. The summed E-state index contributed by atoms with van der Waals surface area (Å²) >= 11 is 0. The summed E-state index contributed by atoms with van der Waals surface area (Å²) in [6, 6.07) is 5.03. The van der Waals surface area contributed by atoms with Crippen molar-refractivity contribution in [3.8, 4) is 6.07 Å². The quantitative estimate of drug-likeness (QED) is 0.804. The van der Waals surface area contributed by atoms with Gasteiger partial charge in [-0.25, -0.2) is 4.39 Å². The number of carboxylic acids is 1. The van der Waals surface area contributed by atoms with Crippen LogP contribution in [0.4, 0.5) is 4.39 Å². The molecule has 0 unspecified atom stereocenters. The molecule has 2 N–H and O–H groups in total. The van der Waals surface area contributed by atoms with Crippen molar-refractivity contribution < 1.29 is 14.3 Å². The number of carbonyl (C=O) groups is 1. The summed E-state index contributed by atoms with van der Waals surface area (Å²) in [6.45, 7) is 1.70. The van der Waals surface area contributed by atoms with Crippen LogP contribution in [0.2, 0.25) is 0 Å². The number of nitrogens with zero attached hydrogens (tertiary/aromatic N) is 1. The van der Waals surface area contributed by atoms with E-state index >= 15 is 0 Å². The molecule has 1 rings (SSSR count). The van der Waals surface area contributed by atoms with E-state index in [9.17, 15) is 9.18 Å². The van der Waals surface area contributed by atoms with Crippen LogP contribution in [0.3, 0.4) is 0 Å². The highest BCUT2D eigenvalue weighted by Crippen LogP contribution is 2.08. The molecular formula is C11H11FN2O2. The van der Waals surface area contributed by atoms with Crippen molar-refractivity contribution in [1.29, 1.82) is 5.26 Å². The molecule has 0 aliphatic heterocycles. The van der Waals surface area contributed by atoms with E-state index in [0.717, 1.165) is 6.07 Å². The molecule has 5 heteroatoms. The molecule has 1 aromatic carbocycles. The molecule has 0 aliphatic rings. The monoisotopic (exact) mass is 222 g/mol. The Morgan fingerprint density at radius 2 is 2.31 bits per heavy atom. The minimum Gasteiger partial charge on any atom is -0.480 e. The van der Waals surface area contributed by atoms with Crippen molar-refractivity contribution in [1.82, 2.24) is 5.32 Å². The SMILES string of the molecule is C[C@@H](NCc1cc(F)cc(C#N)c1)C(=O)O. The van der Waals surface area contributed by atoms with Gasteiger partial charge >= 0.3 is 5.97 Å². The summed E-state index contributed by atoms with van der Waals surface area (Å²) < 4.78 is 13.0. The second-order valence-electron chi connectivity index (χ2n) is 3.40. The summed E-state index contributed by atoms with van der Waals surface area (Å²) in [5.41, 5.74) is 0.768. The Labute approximate surface area is 92.3 Å². The third-order valence-corrected chi connectivity index (χ3v) is 2.07. The molecule has 0 radical (unpaired) electrons. The lowest BCUT2D eigenvalue weighted by Crippen LogP contribution is -2.33. The number of carboxylic acid groups (broad SMARTS) is 1. The molecule has 0 spiro atoms. The van der Waals surface area contributed by atoms with Crippen LogP contribution in [0.25, 0.3) is 0 Å². The second kappa shape index (κ2) is 5.24. The molecule has 0 aliphatic carbocycles. The van der Waals surface area contributed by atoms with Gasteiger partial charge in [0.05, 0.1) is 11.6 Å². The molecule has 1 aromatic rings. The fraction of sp³-hybridized carbons (Fsp3) is 0.273. The number of halogens is 1. The molecule has 16 heavy (non-hydrogen) atoms. The van der Waals surface area contributed by atoms with Crippen LogP contribution < -0.4 is 5.32 Å². The van der Waals surface area contributed by atoms with Crippen LogP contribution in [0.15, 0.2) is 18.2 Å². The van der Waals surface area contributed by atoms with Crippen LogP contribution in [0.5, 0.6) is 0 Å². The number of rotatable bonds is 4. The van der Waals surface area contributed by atoms with Crippen LogP contribution in [0, 0.1) is 17.1 Å². The van der Waals surface area contributed by atoms with E-state index in [2.05, 4.69) is 5.32 Å². The van der Waals surface area contributed by atoms with Gasteiger partial charge < -0.3 is 10.4 Å². The van der Waals surface area contributed by atoms with Gasteiger partial charge in [-0.3, -0.25) is 4.79 Å². The minimum absolute atomic E-state index is 0.208. The lowest BCUT2D eigenvalue weighted by Gasteiger charge is -2.09. The molecular weight excluding hydrogens is 211 g/mol. The van der Waals surface area contributed by atoms with E-state index in [0.29, 0.717) is 5.56 Å². The Kier molecular flexibility index (Phi) is 3.97. The lowest BCUT2D eigenvalue weighted by atomic mass is 10.1. The molecule has 0 saturated carbocycles. The predicted molar refractivity (Wildman–Crippen MR) is 55.1 cm³/mol. The van der Waals surface area contributed by atoms with E-state index < -0.39 is 17.8 Å². The highest BCUT2D eigenvalue weighted by molar-refractivity contribution is 5.72. The third kappa shape index (κ3) is 3.33. The van der Waals surface area contributed by atoms with Crippen molar-refractivity contribution in [2.45, 2.75) is 19.5 Å². The lowest BCUT2D eigenvalue weighted by molar-refractivity contribution is -0.139. The fourth-order valence-electron chi connectivity index (χ4n) is 1.18. The summed E-state index contributed by atoms with van der Waals surface area (Å²) in [6.07, 6.45) is 0. The number of hydrogen-bond acceptors (Lipinski definition) is 3. The molecule has 0 heterocycles. The van der Waals surface area contributed by atoms with Gasteiger partial charge in [0.25, 0.3) is 0 Å². The van der Waals surface area contributed by atoms with Crippen molar-refractivity contribution in [3.05, 3.63) is 35.1 Å². The van der Waals surface area contributed by atoms with Crippen LogP contribution in [0.1, 0.15) is 18.1 Å².